The summed E-state index contributed by atoms with van der Waals surface area (Å²) in [5.74, 6) is -1.60. The molecule has 0 unspecified atom stereocenters. The second kappa shape index (κ2) is 9.03. The fourth-order valence-corrected chi connectivity index (χ4v) is 1.55. The number of carbonyl (C=O) groups excluding carboxylic acids is 3. The predicted octanol–water partition coefficient (Wildman–Crippen LogP) is 0.356. The number of nitro benzene ring substituents is 1. The molecule has 9 heteroatoms. The molecule has 0 bridgehead atoms. The number of benzene rings is 1. The number of carbonyl (C=O) groups is 3. The first-order valence-corrected chi connectivity index (χ1v) is 6.87. The third-order valence-corrected chi connectivity index (χ3v) is 2.94. The second-order valence-corrected chi connectivity index (χ2v) is 4.71. The van der Waals surface area contributed by atoms with E-state index >= 15 is 0 Å². The first-order valence-electron chi connectivity index (χ1n) is 6.87. The van der Waals surface area contributed by atoms with Crippen molar-refractivity contribution in [3.05, 3.63) is 46.0 Å². The van der Waals surface area contributed by atoms with Gasteiger partial charge in [0.05, 0.1) is 11.5 Å². The predicted molar refractivity (Wildman–Crippen MR) is 84.8 cm³/mol. The number of nitrogens with zero attached hydrogens (tertiary/aromatic N) is 2. The first kappa shape index (κ1) is 18.8. The molecule has 1 rings (SSSR count). The van der Waals surface area contributed by atoms with Crippen LogP contribution in [0.5, 0.6) is 0 Å². The van der Waals surface area contributed by atoms with Crippen LogP contribution in [0.1, 0.15) is 5.56 Å². The lowest BCUT2D eigenvalue weighted by atomic mass is 10.2. The van der Waals surface area contributed by atoms with Gasteiger partial charge in [0.1, 0.15) is 0 Å². The number of likely N-dealkylation sites (N-methyl/N-ethyl adjacent to an activating group) is 2. The van der Waals surface area contributed by atoms with Crippen LogP contribution in [0.25, 0.3) is 6.08 Å². The van der Waals surface area contributed by atoms with Gasteiger partial charge >= 0.3 is 5.97 Å². The number of ether oxygens (including phenoxy) is 1. The van der Waals surface area contributed by atoms with Crippen LogP contribution < -0.4 is 5.32 Å². The van der Waals surface area contributed by atoms with Gasteiger partial charge in [-0.3, -0.25) is 19.7 Å². The molecule has 24 heavy (non-hydrogen) atoms. The lowest BCUT2D eigenvalue weighted by Crippen LogP contribution is -2.38. The molecule has 0 spiro atoms. The Hall–Kier alpha value is -3.23. The van der Waals surface area contributed by atoms with Crippen LogP contribution in [0.15, 0.2) is 30.3 Å². The normalized spacial score (nSPS) is 10.2. The van der Waals surface area contributed by atoms with Gasteiger partial charge in [0.15, 0.2) is 6.61 Å². The molecule has 0 aliphatic carbocycles. The quantitative estimate of drug-likeness (QED) is 0.332. The van der Waals surface area contributed by atoms with Crippen LogP contribution in [-0.4, -0.2) is 54.9 Å². The maximum atomic E-state index is 11.7. The number of hydrogen-bond acceptors (Lipinski definition) is 6. The average Bonchev–Trinajstić information content (AvgIpc) is 2.57. The van der Waals surface area contributed by atoms with E-state index in [1.165, 1.54) is 44.4 Å². The summed E-state index contributed by atoms with van der Waals surface area (Å²) in [6.07, 6.45) is 2.51. The average molecular weight is 335 g/mol. The number of nitrogens with one attached hydrogen (secondary N) is 1. The van der Waals surface area contributed by atoms with Crippen LogP contribution in [0.2, 0.25) is 0 Å². The van der Waals surface area contributed by atoms with Gasteiger partial charge in [0.25, 0.3) is 11.6 Å². The van der Waals surface area contributed by atoms with Gasteiger partial charge in [0, 0.05) is 32.3 Å². The highest BCUT2D eigenvalue weighted by Crippen LogP contribution is 2.12. The van der Waals surface area contributed by atoms with Gasteiger partial charge < -0.3 is 15.0 Å². The van der Waals surface area contributed by atoms with Crippen molar-refractivity contribution in [1.29, 1.82) is 0 Å². The Morgan fingerprint density at radius 3 is 2.46 bits per heavy atom. The van der Waals surface area contributed by atoms with Crippen LogP contribution in [0.3, 0.4) is 0 Å². The molecule has 1 aromatic rings. The molecule has 0 aromatic heterocycles. The molecule has 0 saturated carbocycles. The number of nitro groups is 1. The SMILES string of the molecule is CNC(=O)CN(C)C(=O)COC(=O)/C=C/c1ccc([N+](=O)[O-])cc1. The zero-order valence-corrected chi connectivity index (χ0v) is 13.2. The summed E-state index contributed by atoms with van der Waals surface area (Å²) < 4.78 is 4.77. The summed E-state index contributed by atoms with van der Waals surface area (Å²) >= 11 is 0. The third kappa shape index (κ3) is 6.26. The molecule has 9 nitrogen and oxygen atoms in total. The monoisotopic (exact) mass is 335 g/mol. The largest absolute Gasteiger partial charge is 0.452 e. The van der Waals surface area contributed by atoms with Crippen molar-refractivity contribution < 1.29 is 24.0 Å². The Morgan fingerprint density at radius 1 is 1.29 bits per heavy atom. The smallest absolute Gasteiger partial charge is 0.331 e. The Labute approximate surface area is 138 Å². The fraction of sp³-hybridized carbons (Fsp3) is 0.267. The first-order chi connectivity index (χ1) is 11.3. The van der Waals surface area contributed by atoms with Crippen molar-refractivity contribution in [2.45, 2.75) is 0 Å². The molecular formula is C15H17N3O6. The molecule has 0 saturated heterocycles. The minimum absolute atomic E-state index is 0.0560. The van der Waals surface area contributed by atoms with E-state index in [4.69, 9.17) is 4.74 Å². The van der Waals surface area contributed by atoms with E-state index in [0.717, 1.165) is 11.0 Å². The molecule has 2 amide bonds. The fourth-order valence-electron chi connectivity index (χ4n) is 1.55. The van der Waals surface area contributed by atoms with Gasteiger partial charge in [-0.2, -0.15) is 0 Å². The van der Waals surface area contributed by atoms with Gasteiger partial charge in [0.2, 0.25) is 5.91 Å². The minimum Gasteiger partial charge on any atom is -0.452 e. The maximum Gasteiger partial charge on any atom is 0.331 e. The van der Waals surface area contributed by atoms with Gasteiger partial charge in [-0.05, 0) is 23.8 Å². The maximum absolute atomic E-state index is 11.7. The molecule has 0 fully saturated rings. The number of rotatable bonds is 7. The minimum atomic E-state index is -0.741. The number of esters is 1. The lowest BCUT2D eigenvalue weighted by Gasteiger charge is -2.15. The molecule has 0 aliphatic heterocycles. The molecule has 0 aliphatic rings. The highest BCUT2D eigenvalue weighted by molar-refractivity contribution is 5.90. The molecule has 0 atom stereocenters. The lowest BCUT2D eigenvalue weighted by molar-refractivity contribution is -0.384. The summed E-state index contributed by atoms with van der Waals surface area (Å²) in [6, 6.07) is 5.57. The highest BCUT2D eigenvalue weighted by atomic mass is 16.6. The van der Waals surface area contributed by atoms with Crippen LogP contribution in [0.4, 0.5) is 5.69 Å². The highest BCUT2D eigenvalue weighted by Gasteiger charge is 2.13. The topological polar surface area (TPSA) is 119 Å². The molecule has 128 valence electrons. The van der Waals surface area contributed by atoms with Crippen molar-refractivity contribution >= 4 is 29.5 Å². The van der Waals surface area contributed by atoms with Crippen molar-refractivity contribution in [2.75, 3.05) is 27.2 Å². The van der Waals surface area contributed by atoms with E-state index in [9.17, 15) is 24.5 Å². The van der Waals surface area contributed by atoms with E-state index < -0.39 is 23.4 Å². The summed E-state index contributed by atoms with van der Waals surface area (Å²) in [5.41, 5.74) is 0.514. The Morgan fingerprint density at radius 2 is 1.92 bits per heavy atom. The molecule has 0 heterocycles. The van der Waals surface area contributed by atoms with Crippen molar-refractivity contribution in [2.24, 2.45) is 0 Å². The standard InChI is InChI=1S/C15H17N3O6/c1-16-13(19)9-17(2)14(20)10-24-15(21)8-5-11-3-6-12(7-4-11)18(22)23/h3-8H,9-10H2,1-2H3,(H,16,19)/b8-5+. The third-order valence-electron chi connectivity index (χ3n) is 2.94. The molecule has 1 aromatic carbocycles. The molecular weight excluding hydrogens is 318 g/mol. The number of amides is 2. The van der Waals surface area contributed by atoms with E-state index in [0.29, 0.717) is 5.56 Å². The van der Waals surface area contributed by atoms with E-state index in [1.54, 1.807) is 0 Å². The second-order valence-electron chi connectivity index (χ2n) is 4.71. The summed E-state index contributed by atoms with van der Waals surface area (Å²) in [6.45, 7) is -0.623. The Balaban J connectivity index is 2.46. The molecule has 0 radical (unpaired) electrons. The van der Waals surface area contributed by atoms with Crippen LogP contribution in [0, 0.1) is 10.1 Å². The molecule has 1 N–H and O–H groups in total. The Kier molecular flexibility index (Phi) is 7.08. The van der Waals surface area contributed by atoms with E-state index in [1.807, 2.05) is 0 Å². The van der Waals surface area contributed by atoms with Crippen molar-refractivity contribution in [1.82, 2.24) is 10.2 Å². The number of hydrogen-bond donors (Lipinski definition) is 1. The number of non-ortho nitro benzene ring substituents is 1. The summed E-state index contributed by atoms with van der Waals surface area (Å²) in [7, 11) is 2.86. The van der Waals surface area contributed by atoms with Crippen molar-refractivity contribution in [3.63, 3.8) is 0 Å². The van der Waals surface area contributed by atoms with E-state index in [-0.39, 0.29) is 18.1 Å². The van der Waals surface area contributed by atoms with Gasteiger partial charge in [-0.15, -0.1) is 0 Å². The zero-order valence-electron chi connectivity index (χ0n) is 13.2. The summed E-state index contributed by atoms with van der Waals surface area (Å²) in [5, 5.41) is 12.9. The zero-order chi connectivity index (χ0) is 18.1. The van der Waals surface area contributed by atoms with E-state index in [2.05, 4.69) is 5.32 Å². The van der Waals surface area contributed by atoms with Crippen LogP contribution >= 0.6 is 0 Å². The van der Waals surface area contributed by atoms with Crippen LogP contribution in [-0.2, 0) is 19.1 Å². The van der Waals surface area contributed by atoms with Crippen molar-refractivity contribution in [3.8, 4) is 0 Å². The van der Waals surface area contributed by atoms with Gasteiger partial charge in [-0.1, -0.05) is 0 Å². The van der Waals surface area contributed by atoms with Gasteiger partial charge in [-0.25, -0.2) is 4.79 Å². The Bertz CT molecular complexity index is 654. The summed E-state index contributed by atoms with van der Waals surface area (Å²) in [4.78, 5) is 45.4.